The first-order chi connectivity index (χ1) is 5.74. The van der Waals surface area contributed by atoms with Crippen LogP contribution in [0.2, 0.25) is 0 Å². The van der Waals surface area contributed by atoms with Gasteiger partial charge in [0.25, 0.3) is 0 Å². The highest BCUT2D eigenvalue weighted by molar-refractivity contribution is 4.86. The maximum atomic E-state index is 12.9. The van der Waals surface area contributed by atoms with Crippen LogP contribution < -0.4 is 5.32 Å². The normalized spacial score (nSPS) is 35.3. The Bertz CT molecular complexity index is 147. The predicted octanol–water partition coefficient (Wildman–Crippen LogP) is 2.29. The molecule has 0 spiro atoms. The number of hydrogen-bond acceptors (Lipinski definition) is 1. The summed E-state index contributed by atoms with van der Waals surface area (Å²) in [4.78, 5) is 0. The molecule has 0 aromatic carbocycles. The quantitative estimate of drug-likeness (QED) is 0.505. The van der Waals surface area contributed by atoms with Crippen LogP contribution in [0.1, 0.15) is 26.2 Å². The fourth-order valence-corrected chi connectivity index (χ4v) is 1.83. The van der Waals surface area contributed by atoms with Crippen molar-refractivity contribution in [3.63, 3.8) is 0 Å². The first-order valence-corrected chi connectivity index (χ1v) is 4.72. The van der Waals surface area contributed by atoms with Gasteiger partial charge in [0.15, 0.2) is 0 Å². The molecule has 0 bridgehead atoms. The number of rotatable bonds is 4. The summed E-state index contributed by atoms with van der Waals surface area (Å²) >= 11 is 0. The third-order valence-electron chi connectivity index (χ3n) is 2.58. The van der Waals surface area contributed by atoms with Crippen molar-refractivity contribution in [3.05, 3.63) is 12.7 Å². The Balaban J connectivity index is 2.19. The van der Waals surface area contributed by atoms with Crippen molar-refractivity contribution in [2.24, 2.45) is 5.92 Å². The van der Waals surface area contributed by atoms with E-state index in [-0.39, 0.29) is 0 Å². The molecule has 1 aliphatic carbocycles. The summed E-state index contributed by atoms with van der Waals surface area (Å²) in [5.41, 5.74) is 0. The van der Waals surface area contributed by atoms with E-state index in [2.05, 4.69) is 18.8 Å². The molecule has 0 amide bonds. The van der Waals surface area contributed by atoms with Gasteiger partial charge in [0.1, 0.15) is 6.17 Å². The van der Waals surface area contributed by atoms with E-state index in [1.807, 2.05) is 6.08 Å². The van der Waals surface area contributed by atoms with Crippen molar-refractivity contribution in [1.82, 2.24) is 5.32 Å². The lowest BCUT2D eigenvalue weighted by Crippen LogP contribution is -2.31. The minimum atomic E-state index is -0.582. The molecule has 0 radical (unpaired) electrons. The van der Waals surface area contributed by atoms with Gasteiger partial charge in [-0.05, 0) is 31.7 Å². The van der Waals surface area contributed by atoms with Crippen LogP contribution in [0.5, 0.6) is 0 Å². The van der Waals surface area contributed by atoms with Gasteiger partial charge in [0.05, 0.1) is 0 Å². The van der Waals surface area contributed by atoms with E-state index in [1.165, 1.54) is 0 Å². The average molecular weight is 171 g/mol. The van der Waals surface area contributed by atoms with Crippen LogP contribution in [-0.4, -0.2) is 18.8 Å². The summed E-state index contributed by atoms with van der Waals surface area (Å²) in [6, 6.07) is 0.389. The Morgan fingerprint density at radius 1 is 1.58 bits per heavy atom. The lowest BCUT2D eigenvalue weighted by Gasteiger charge is -2.15. The van der Waals surface area contributed by atoms with E-state index in [0.717, 1.165) is 19.4 Å². The van der Waals surface area contributed by atoms with Gasteiger partial charge in [0.2, 0.25) is 0 Å². The number of hydrogen-bond donors (Lipinski definition) is 1. The molecule has 0 aliphatic heterocycles. The third-order valence-corrected chi connectivity index (χ3v) is 2.58. The molecule has 3 atom stereocenters. The van der Waals surface area contributed by atoms with Crippen molar-refractivity contribution >= 4 is 0 Å². The molecule has 70 valence electrons. The molecule has 1 aliphatic rings. The third kappa shape index (κ3) is 2.59. The van der Waals surface area contributed by atoms with E-state index in [0.29, 0.717) is 18.4 Å². The highest BCUT2D eigenvalue weighted by Gasteiger charge is 2.30. The molecule has 1 nitrogen and oxygen atoms in total. The van der Waals surface area contributed by atoms with Gasteiger partial charge in [-0.15, -0.1) is 6.58 Å². The zero-order valence-corrected chi connectivity index (χ0v) is 7.72. The summed E-state index contributed by atoms with van der Waals surface area (Å²) in [5, 5.41) is 3.35. The zero-order chi connectivity index (χ0) is 8.97. The van der Waals surface area contributed by atoms with Crippen molar-refractivity contribution in [1.29, 1.82) is 0 Å². The van der Waals surface area contributed by atoms with Gasteiger partial charge < -0.3 is 5.32 Å². The van der Waals surface area contributed by atoms with Crippen molar-refractivity contribution in [3.8, 4) is 0 Å². The standard InChI is InChI=1S/C10H18FN/c1-3-4-5-12-10-7-9(11)6-8(10)2/h3,8-10,12H,1,4-7H2,2H3. The smallest absolute Gasteiger partial charge is 0.102 e. The lowest BCUT2D eigenvalue weighted by molar-refractivity contribution is 0.331. The maximum absolute atomic E-state index is 12.9. The SMILES string of the molecule is C=CCCNC1CC(F)CC1C. The Hall–Kier alpha value is -0.370. The molecular formula is C10H18FN. The van der Waals surface area contributed by atoms with E-state index < -0.39 is 6.17 Å². The molecule has 0 aromatic heterocycles. The van der Waals surface area contributed by atoms with Crippen LogP contribution >= 0.6 is 0 Å². The second kappa shape index (κ2) is 4.61. The summed E-state index contributed by atoms with van der Waals surface area (Å²) in [5.74, 6) is 0.491. The van der Waals surface area contributed by atoms with Crippen LogP contribution in [-0.2, 0) is 0 Å². The number of halogens is 1. The molecule has 1 N–H and O–H groups in total. The molecular weight excluding hydrogens is 153 g/mol. The van der Waals surface area contributed by atoms with Gasteiger partial charge in [-0.1, -0.05) is 13.0 Å². The Kier molecular flexibility index (Phi) is 3.73. The van der Waals surface area contributed by atoms with Crippen LogP contribution in [0.25, 0.3) is 0 Å². The first-order valence-electron chi connectivity index (χ1n) is 4.72. The molecule has 1 fully saturated rings. The monoisotopic (exact) mass is 171 g/mol. The van der Waals surface area contributed by atoms with Gasteiger partial charge in [-0.25, -0.2) is 4.39 Å². The largest absolute Gasteiger partial charge is 0.313 e. The van der Waals surface area contributed by atoms with Gasteiger partial charge in [-0.3, -0.25) is 0 Å². The summed E-state index contributed by atoms with van der Waals surface area (Å²) in [6.07, 6.45) is 3.70. The van der Waals surface area contributed by atoms with Crippen molar-refractivity contribution in [2.75, 3.05) is 6.54 Å². The van der Waals surface area contributed by atoms with E-state index in [4.69, 9.17) is 0 Å². The molecule has 0 heterocycles. The molecule has 3 unspecified atom stereocenters. The maximum Gasteiger partial charge on any atom is 0.102 e. The lowest BCUT2D eigenvalue weighted by atomic mass is 10.1. The topological polar surface area (TPSA) is 12.0 Å². The second-order valence-electron chi connectivity index (χ2n) is 3.68. The highest BCUT2D eigenvalue weighted by atomic mass is 19.1. The Morgan fingerprint density at radius 3 is 2.83 bits per heavy atom. The van der Waals surface area contributed by atoms with E-state index in [1.54, 1.807) is 0 Å². The van der Waals surface area contributed by atoms with Crippen LogP contribution in [0.4, 0.5) is 4.39 Å². The van der Waals surface area contributed by atoms with Crippen LogP contribution in [0.15, 0.2) is 12.7 Å². The van der Waals surface area contributed by atoms with Crippen molar-refractivity contribution in [2.45, 2.75) is 38.4 Å². The zero-order valence-electron chi connectivity index (χ0n) is 7.72. The van der Waals surface area contributed by atoms with Crippen molar-refractivity contribution < 1.29 is 4.39 Å². The fraction of sp³-hybridized carbons (Fsp3) is 0.800. The summed E-state index contributed by atoms with van der Waals surface area (Å²) in [6.45, 7) is 6.70. The summed E-state index contributed by atoms with van der Waals surface area (Å²) in [7, 11) is 0. The minimum Gasteiger partial charge on any atom is -0.313 e. The van der Waals surface area contributed by atoms with Crippen LogP contribution in [0.3, 0.4) is 0 Å². The Morgan fingerprint density at radius 2 is 2.33 bits per heavy atom. The molecule has 2 heteroatoms. The molecule has 1 saturated carbocycles. The number of nitrogens with one attached hydrogen (secondary N) is 1. The highest BCUT2D eigenvalue weighted by Crippen LogP contribution is 2.27. The second-order valence-corrected chi connectivity index (χ2v) is 3.68. The molecule has 12 heavy (non-hydrogen) atoms. The van der Waals surface area contributed by atoms with Gasteiger partial charge >= 0.3 is 0 Å². The number of alkyl halides is 1. The van der Waals surface area contributed by atoms with Gasteiger partial charge in [-0.2, -0.15) is 0 Å². The minimum absolute atomic E-state index is 0.389. The summed E-state index contributed by atoms with van der Waals surface area (Å²) < 4.78 is 12.9. The van der Waals surface area contributed by atoms with Crippen LogP contribution in [0, 0.1) is 5.92 Å². The average Bonchev–Trinajstić information content (AvgIpc) is 2.31. The predicted molar refractivity (Wildman–Crippen MR) is 49.9 cm³/mol. The fourth-order valence-electron chi connectivity index (χ4n) is 1.83. The first kappa shape index (κ1) is 9.72. The Labute approximate surface area is 74.0 Å². The molecule has 0 aromatic rings. The molecule has 1 rings (SSSR count). The van der Waals surface area contributed by atoms with E-state index >= 15 is 0 Å². The molecule has 0 saturated heterocycles. The van der Waals surface area contributed by atoms with Gasteiger partial charge in [0, 0.05) is 6.04 Å². The van der Waals surface area contributed by atoms with E-state index in [9.17, 15) is 4.39 Å².